The molecule has 4 aromatic rings. The molecule has 0 unspecified atom stereocenters. The number of aryl methyl sites for hydroxylation is 1. The van der Waals surface area contributed by atoms with E-state index in [-0.39, 0.29) is 0 Å². The summed E-state index contributed by atoms with van der Waals surface area (Å²) in [5, 5.41) is 5.35. The van der Waals surface area contributed by atoms with Gasteiger partial charge in [0.1, 0.15) is 0 Å². The van der Waals surface area contributed by atoms with E-state index < -0.39 is 0 Å². The van der Waals surface area contributed by atoms with Crippen molar-refractivity contribution in [3.05, 3.63) is 72.4 Å². The normalized spacial score (nSPS) is 10.9. The summed E-state index contributed by atoms with van der Waals surface area (Å²) in [5.41, 5.74) is 4.89. The van der Waals surface area contributed by atoms with Crippen LogP contribution in [-0.4, -0.2) is 21.1 Å². The average molecular weight is 327 g/mol. The van der Waals surface area contributed by atoms with Crippen LogP contribution >= 0.6 is 0 Å². The van der Waals surface area contributed by atoms with Crippen LogP contribution in [-0.2, 0) is 6.54 Å². The van der Waals surface area contributed by atoms with Gasteiger partial charge in [0, 0.05) is 28.6 Å². The molecule has 0 amide bonds. The number of benzene rings is 2. The van der Waals surface area contributed by atoms with Gasteiger partial charge in [-0.05, 0) is 12.5 Å². The van der Waals surface area contributed by atoms with Crippen molar-refractivity contribution in [1.29, 1.82) is 0 Å². The summed E-state index contributed by atoms with van der Waals surface area (Å²) in [4.78, 5) is 16.9. The highest BCUT2D eigenvalue weighted by molar-refractivity contribution is 6.06. The second-order valence-electron chi connectivity index (χ2n) is 5.80. The number of fused-ring (bicyclic) bond motifs is 1. The molecule has 0 saturated heterocycles. The minimum absolute atomic E-state index is 0.598. The lowest BCUT2D eigenvalue weighted by Gasteiger charge is -2.13. The van der Waals surface area contributed by atoms with E-state index in [4.69, 9.17) is 4.98 Å². The first-order valence-electron chi connectivity index (χ1n) is 8.29. The van der Waals surface area contributed by atoms with Gasteiger partial charge in [-0.3, -0.25) is 4.79 Å². The van der Waals surface area contributed by atoms with Gasteiger partial charge >= 0.3 is 0 Å². The zero-order valence-corrected chi connectivity index (χ0v) is 13.9. The van der Waals surface area contributed by atoms with Crippen LogP contribution in [0.2, 0.25) is 0 Å². The van der Waals surface area contributed by atoms with Crippen molar-refractivity contribution >= 4 is 17.3 Å². The van der Waals surface area contributed by atoms with Crippen LogP contribution in [0, 0.1) is 0 Å². The molecule has 4 heteroatoms. The van der Waals surface area contributed by atoms with E-state index in [1.54, 1.807) is 6.20 Å². The average Bonchev–Trinajstić information content (AvgIpc) is 3.10. The summed E-state index contributed by atoms with van der Waals surface area (Å²) in [5.74, 6) is 0. The van der Waals surface area contributed by atoms with E-state index in [2.05, 4.69) is 5.10 Å². The summed E-state index contributed by atoms with van der Waals surface area (Å²) in [6.45, 7) is 2.76. The summed E-state index contributed by atoms with van der Waals surface area (Å²) >= 11 is 0. The topological polar surface area (TPSA) is 47.8 Å². The van der Waals surface area contributed by atoms with Gasteiger partial charge < -0.3 is 0 Å². The molecule has 0 fully saturated rings. The van der Waals surface area contributed by atoms with Gasteiger partial charge in [0.25, 0.3) is 0 Å². The predicted molar refractivity (Wildman–Crippen MR) is 99.5 cm³/mol. The van der Waals surface area contributed by atoms with Crippen molar-refractivity contribution < 1.29 is 4.79 Å². The molecule has 4 rings (SSSR count). The lowest BCUT2D eigenvalue weighted by Crippen LogP contribution is -2.02. The maximum absolute atomic E-state index is 12.0. The SMILES string of the molecule is CCn1ncc2c(-c3ccccc3)c(C=O)c(-c3ccccc3)nc21. The van der Waals surface area contributed by atoms with Crippen LogP contribution in [0.4, 0.5) is 0 Å². The first kappa shape index (κ1) is 15.3. The number of rotatable bonds is 4. The largest absolute Gasteiger partial charge is 0.298 e. The molecule has 0 aliphatic heterocycles. The van der Waals surface area contributed by atoms with E-state index in [9.17, 15) is 4.79 Å². The molecule has 2 aromatic heterocycles. The molecule has 25 heavy (non-hydrogen) atoms. The Labute approximate surface area is 145 Å². The molecule has 0 aliphatic carbocycles. The van der Waals surface area contributed by atoms with E-state index in [1.807, 2.05) is 72.3 Å². The molecule has 0 bridgehead atoms. The number of pyridine rings is 1. The zero-order chi connectivity index (χ0) is 17.2. The van der Waals surface area contributed by atoms with Crippen molar-refractivity contribution in [3.8, 4) is 22.4 Å². The molecule has 0 aliphatic rings. The Morgan fingerprint density at radius 3 is 2.20 bits per heavy atom. The van der Waals surface area contributed by atoms with Crippen LogP contribution in [0.3, 0.4) is 0 Å². The third-order valence-electron chi connectivity index (χ3n) is 4.35. The molecule has 122 valence electrons. The van der Waals surface area contributed by atoms with Crippen molar-refractivity contribution in [2.75, 3.05) is 0 Å². The monoisotopic (exact) mass is 327 g/mol. The van der Waals surface area contributed by atoms with Gasteiger partial charge in [0.15, 0.2) is 11.9 Å². The Balaban J connectivity index is 2.14. The smallest absolute Gasteiger partial charge is 0.159 e. The van der Waals surface area contributed by atoms with Gasteiger partial charge in [0.2, 0.25) is 0 Å². The molecule has 0 saturated carbocycles. The highest BCUT2D eigenvalue weighted by Crippen LogP contribution is 2.35. The summed E-state index contributed by atoms with van der Waals surface area (Å²) in [6.07, 6.45) is 2.70. The maximum Gasteiger partial charge on any atom is 0.159 e. The number of carbonyl (C=O) groups excluding carboxylic acids is 1. The van der Waals surface area contributed by atoms with Gasteiger partial charge in [-0.25, -0.2) is 9.67 Å². The predicted octanol–water partition coefficient (Wildman–Crippen LogP) is 4.60. The Bertz CT molecular complexity index is 1040. The third kappa shape index (κ3) is 2.52. The number of carbonyl (C=O) groups is 1. The van der Waals surface area contributed by atoms with E-state index in [0.29, 0.717) is 11.3 Å². The van der Waals surface area contributed by atoms with Gasteiger partial charge in [0.05, 0.1) is 11.9 Å². The maximum atomic E-state index is 12.0. The Hall–Kier alpha value is -3.27. The van der Waals surface area contributed by atoms with Crippen LogP contribution < -0.4 is 0 Å². The molecule has 0 radical (unpaired) electrons. The van der Waals surface area contributed by atoms with Crippen LogP contribution in [0.25, 0.3) is 33.4 Å². The van der Waals surface area contributed by atoms with Gasteiger partial charge in [-0.1, -0.05) is 60.7 Å². The first-order valence-corrected chi connectivity index (χ1v) is 8.29. The van der Waals surface area contributed by atoms with E-state index in [1.165, 1.54) is 0 Å². The Kier molecular flexibility index (Phi) is 3.86. The molecular weight excluding hydrogens is 310 g/mol. The minimum Gasteiger partial charge on any atom is -0.298 e. The fraction of sp³-hybridized carbons (Fsp3) is 0.0952. The minimum atomic E-state index is 0.598. The fourth-order valence-electron chi connectivity index (χ4n) is 3.18. The molecule has 0 spiro atoms. The zero-order valence-electron chi connectivity index (χ0n) is 13.9. The van der Waals surface area contributed by atoms with E-state index >= 15 is 0 Å². The van der Waals surface area contributed by atoms with E-state index in [0.717, 1.165) is 40.6 Å². The van der Waals surface area contributed by atoms with Crippen molar-refractivity contribution in [1.82, 2.24) is 14.8 Å². The second-order valence-corrected chi connectivity index (χ2v) is 5.80. The summed E-state index contributed by atoms with van der Waals surface area (Å²) in [7, 11) is 0. The third-order valence-corrected chi connectivity index (χ3v) is 4.35. The summed E-state index contributed by atoms with van der Waals surface area (Å²) in [6, 6.07) is 19.8. The second kappa shape index (κ2) is 6.32. The Morgan fingerprint density at radius 1 is 0.960 bits per heavy atom. The van der Waals surface area contributed by atoms with Crippen LogP contribution in [0.1, 0.15) is 17.3 Å². The standard InChI is InChI=1S/C21H17N3O/c1-2-24-21-17(13-22-24)19(15-9-5-3-6-10-15)18(14-25)20(23-21)16-11-7-4-8-12-16/h3-14H,2H2,1H3. The van der Waals surface area contributed by atoms with Crippen molar-refractivity contribution in [2.45, 2.75) is 13.5 Å². The van der Waals surface area contributed by atoms with Crippen LogP contribution in [0.15, 0.2) is 66.9 Å². The highest BCUT2D eigenvalue weighted by Gasteiger charge is 2.19. The molecule has 2 heterocycles. The number of nitrogens with zero attached hydrogens (tertiary/aromatic N) is 3. The van der Waals surface area contributed by atoms with Crippen molar-refractivity contribution in [3.63, 3.8) is 0 Å². The highest BCUT2D eigenvalue weighted by atomic mass is 16.1. The summed E-state index contributed by atoms with van der Waals surface area (Å²) < 4.78 is 1.86. The number of aromatic nitrogens is 3. The molecule has 0 N–H and O–H groups in total. The Morgan fingerprint density at radius 2 is 1.60 bits per heavy atom. The molecule has 4 nitrogen and oxygen atoms in total. The number of hydrogen-bond acceptors (Lipinski definition) is 3. The number of hydrogen-bond donors (Lipinski definition) is 0. The van der Waals surface area contributed by atoms with Crippen molar-refractivity contribution in [2.24, 2.45) is 0 Å². The lowest BCUT2D eigenvalue weighted by atomic mass is 9.94. The van der Waals surface area contributed by atoms with Crippen LogP contribution in [0.5, 0.6) is 0 Å². The quantitative estimate of drug-likeness (QED) is 0.515. The molecule has 0 atom stereocenters. The first-order chi connectivity index (χ1) is 12.3. The van der Waals surface area contributed by atoms with Gasteiger partial charge in [-0.2, -0.15) is 5.10 Å². The molecular formula is C21H17N3O. The van der Waals surface area contributed by atoms with Gasteiger partial charge in [-0.15, -0.1) is 0 Å². The molecule has 2 aromatic carbocycles. The lowest BCUT2D eigenvalue weighted by molar-refractivity contribution is 0.112. The fourth-order valence-corrected chi connectivity index (χ4v) is 3.18. The number of aldehydes is 1.